The Balaban J connectivity index is 1.52. The number of rotatable bonds is 3. The van der Waals surface area contributed by atoms with Gasteiger partial charge >= 0.3 is 0 Å². The molecule has 29 heavy (non-hydrogen) atoms. The maximum absolute atomic E-state index is 12.2. The van der Waals surface area contributed by atoms with Crippen molar-refractivity contribution in [3.63, 3.8) is 0 Å². The molecular formula is C20H17N7O2. The molecule has 0 bridgehead atoms. The van der Waals surface area contributed by atoms with Crippen molar-refractivity contribution in [3.05, 3.63) is 65.0 Å². The van der Waals surface area contributed by atoms with Gasteiger partial charge in [0.05, 0.1) is 23.0 Å². The minimum atomic E-state index is -0.334. The molecular weight excluding hydrogens is 370 g/mol. The number of hydrogen-bond acceptors (Lipinski definition) is 6. The summed E-state index contributed by atoms with van der Waals surface area (Å²) in [6.07, 6.45) is 3.10. The highest BCUT2D eigenvalue weighted by molar-refractivity contribution is 5.85. The number of nitrogens with zero attached hydrogens (tertiary/aromatic N) is 5. The van der Waals surface area contributed by atoms with Crippen LogP contribution in [0.4, 0.5) is 5.82 Å². The minimum absolute atomic E-state index is 0.150. The predicted molar refractivity (Wildman–Crippen MR) is 109 cm³/mol. The summed E-state index contributed by atoms with van der Waals surface area (Å²) in [6.45, 7) is 1.94. The van der Waals surface area contributed by atoms with E-state index in [-0.39, 0.29) is 16.8 Å². The first-order chi connectivity index (χ1) is 14.0. The molecule has 144 valence electrons. The fourth-order valence-electron chi connectivity index (χ4n) is 3.37. The summed E-state index contributed by atoms with van der Waals surface area (Å²) < 4.78 is 9.60. The molecule has 2 aromatic carbocycles. The highest BCUT2D eigenvalue weighted by atomic mass is 16.5. The Kier molecular flexibility index (Phi) is 3.63. The lowest BCUT2D eigenvalue weighted by molar-refractivity contribution is 0.479. The van der Waals surface area contributed by atoms with E-state index in [1.54, 1.807) is 11.0 Å². The van der Waals surface area contributed by atoms with Crippen LogP contribution < -0.4 is 16.0 Å². The average Bonchev–Trinajstić information content (AvgIpc) is 3.24. The van der Waals surface area contributed by atoms with E-state index < -0.39 is 0 Å². The number of imidazole rings is 1. The summed E-state index contributed by atoms with van der Waals surface area (Å²) in [7, 11) is 1.95. The third kappa shape index (κ3) is 2.71. The summed E-state index contributed by atoms with van der Waals surface area (Å²) in [5.41, 5.74) is 9.45. The Labute approximate surface area is 164 Å². The van der Waals surface area contributed by atoms with Gasteiger partial charge in [0.1, 0.15) is 29.0 Å². The normalized spacial score (nSPS) is 11.4. The van der Waals surface area contributed by atoms with E-state index in [9.17, 15) is 4.79 Å². The molecule has 3 aromatic heterocycles. The minimum Gasteiger partial charge on any atom is -0.457 e. The van der Waals surface area contributed by atoms with Crippen molar-refractivity contribution in [2.75, 3.05) is 5.73 Å². The summed E-state index contributed by atoms with van der Waals surface area (Å²) in [4.78, 5) is 24.7. The van der Waals surface area contributed by atoms with Crippen LogP contribution in [0.15, 0.2) is 53.8 Å². The molecule has 0 radical (unpaired) electrons. The Morgan fingerprint density at radius 1 is 1.10 bits per heavy atom. The van der Waals surface area contributed by atoms with E-state index in [0.717, 1.165) is 22.3 Å². The smallest absolute Gasteiger partial charge is 0.277 e. The third-order valence-corrected chi connectivity index (χ3v) is 4.85. The molecule has 0 fully saturated rings. The van der Waals surface area contributed by atoms with Crippen LogP contribution in [0.3, 0.4) is 0 Å². The van der Waals surface area contributed by atoms with E-state index in [1.165, 1.54) is 6.33 Å². The number of aromatic amines is 1. The second kappa shape index (κ2) is 6.20. The molecule has 0 aliphatic rings. The number of benzene rings is 2. The zero-order chi connectivity index (χ0) is 20.1. The van der Waals surface area contributed by atoms with E-state index in [4.69, 9.17) is 10.5 Å². The number of hydrogen-bond donors (Lipinski definition) is 2. The molecule has 0 atom stereocenters. The van der Waals surface area contributed by atoms with Gasteiger partial charge < -0.3 is 15.0 Å². The van der Waals surface area contributed by atoms with Crippen molar-refractivity contribution in [2.24, 2.45) is 7.05 Å². The summed E-state index contributed by atoms with van der Waals surface area (Å²) in [6, 6.07) is 11.4. The number of H-pyrrole nitrogens is 1. The van der Waals surface area contributed by atoms with Crippen LogP contribution in [0.2, 0.25) is 0 Å². The third-order valence-electron chi connectivity index (χ3n) is 4.85. The summed E-state index contributed by atoms with van der Waals surface area (Å²) >= 11 is 0. The number of aryl methyl sites for hydroxylation is 2. The molecule has 5 aromatic rings. The number of nitrogens with one attached hydrogen (secondary N) is 1. The van der Waals surface area contributed by atoms with E-state index in [2.05, 4.69) is 20.1 Å². The second-order valence-electron chi connectivity index (χ2n) is 6.79. The van der Waals surface area contributed by atoms with Crippen molar-refractivity contribution >= 4 is 27.9 Å². The van der Waals surface area contributed by atoms with Crippen molar-refractivity contribution in [3.8, 4) is 17.2 Å². The Morgan fingerprint density at radius 3 is 2.79 bits per heavy atom. The first-order valence-corrected chi connectivity index (χ1v) is 8.92. The summed E-state index contributed by atoms with van der Waals surface area (Å²) in [5, 5.41) is 3.03. The Hall–Kier alpha value is -4.14. The highest BCUT2D eigenvalue weighted by Gasteiger charge is 2.14. The van der Waals surface area contributed by atoms with Gasteiger partial charge in [-0.2, -0.15) is 0 Å². The molecule has 0 aliphatic carbocycles. The van der Waals surface area contributed by atoms with Crippen LogP contribution in [0.1, 0.15) is 5.56 Å². The molecule has 0 spiro atoms. The number of nitrogens with two attached hydrogens (primary N) is 1. The van der Waals surface area contributed by atoms with Crippen molar-refractivity contribution in [2.45, 2.75) is 6.92 Å². The molecule has 3 heterocycles. The van der Waals surface area contributed by atoms with Gasteiger partial charge in [-0.05, 0) is 42.8 Å². The van der Waals surface area contributed by atoms with Gasteiger partial charge in [-0.1, -0.05) is 0 Å². The van der Waals surface area contributed by atoms with Crippen LogP contribution in [-0.4, -0.2) is 29.3 Å². The van der Waals surface area contributed by atoms with Gasteiger partial charge in [-0.25, -0.2) is 19.6 Å². The first kappa shape index (κ1) is 17.0. The average molecular weight is 387 g/mol. The van der Waals surface area contributed by atoms with Crippen molar-refractivity contribution in [1.82, 2.24) is 29.3 Å². The maximum Gasteiger partial charge on any atom is 0.277 e. The molecule has 0 saturated carbocycles. The van der Waals surface area contributed by atoms with Gasteiger partial charge in [-0.3, -0.25) is 9.89 Å². The second-order valence-corrected chi connectivity index (χ2v) is 6.79. The predicted octanol–water partition coefficient (Wildman–Crippen LogP) is 2.68. The van der Waals surface area contributed by atoms with Gasteiger partial charge in [0.2, 0.25) is 0 Å². The van der Waals surface area contributed by atoms with Gasteiger partial charge in [0.15, 0.2) is 5.65 Å². The Morgan fingerprint density at radius 2 is 1.97 bits per heavy atom. The number of ether oxygens (including phenoxy) is 1. The largest absolute Gasteiger partial charge is 0.457 e. The fourth-order valence-corrected chi connectivity index (χ4v) is 3.37. The van der Waals surface area contributed by atoms with Crippen molar-refractivity contribution < 1.29 is 4.74 Å². The molecule has 3 N–H and O–H groups in total. The van der Waals surface area contributed by atoms with Crippen LogP contribution >= 0.6 is 0 Å². The number of fused-ring (bicyclic) bond motifs is 2. The SMILES string of the molecule is Cc1cc(-n2[nH]c(=O)c3c(N)ncnc32)ccc1Oc1ccc2c(c1)ncn2C. The maximum atomic E-state index is 12.2. The molecule has 5 rings (SSSR count). The standard InChI is InChI=1S/C20H17N7O2/c1-11-7-12(27-19-17(20(28)25-27)18(21)22-9-23-19)3-6-16(11)29-13-4-5-15-14(8-13)24-10-26(15)2/h3-10H,1-2H3,(H,25,28)(H2,21,22,23). The van der Waals surface area contributed by atoms with Crippen LogP contribution in [0.5, 0.6) is 11.5 Å². The number of anilines is 1. The lowest BCUT2D eigenvalue weighted by Crippen LogP contribution is -2.05. The van der Waals surface area contributed by atoms with Crippen LogP contribution in [0, 0.1) is 6.92 Å². The molecule has 9 heteroatoms. The molecule has 0 saturated heterocycles. The molecule has 0 amide bonds. The lowest BCUT2D eigenvalue weighted by atomic mass is 10.2. The monoisotopic (exact) mass is 387 g/mol. The van der Waals surface area contributed by atoms with Gasteiger partial charge in [0.25, 0.3) is 5.56 Å². The number of aromatic nitrogens is 6. The van der Waals surface area contributed by atoms with E-state index in [0.29, 0.717) is 17.1 Å². The highest BCUT2D eigenvalue weighted by Crippen LogP contribution is 2.29. The zero-order valence-electron chi connectivity index (χ0n) is 15.7. The summed E-state index contributed by atoms with van der Waals surface area (Å²) in [5.74, 6) is 1.56. The Bertz CT molecular complexity index is 1440. The molecule has 0 aliphatic heterocycles. The zero-order valence-corrected chi connectivity index (χ0v) is 15.7. The van der Waals surface area contributed by atoms with E-state index >= 15 is 0 Å². The van der Waals surface area contributed by atoms with E-state index in [1.807, 2.05) is 54.9 Å². The van der Waals surface area contributed by atoms with Crippen LogP contribution in [-0.2, 0) is 7.05 Å². The number of nitrogen functional groups attached to an aromatic ring is 1. The lowest BCUT2D eigenvalue weighted by Gasteiger charge is -2.11. The molecule has 0 unspecified atom stereocenters. The fraction of sp³-hybridized carbons (Fsp3) is 0.100. The molecule has 9 nitrogen and oxygen atoms in total. The first-order valence-electron chi connectivity index (χ1n) is 8.92. The van der Waals surface area contributed by atoms with Crippen LogP contribution in [0.25, 0.3) is 27.8 Å². The van der Waals surface area contributed by atoms with Crippen molar-refractivity contribution in [1.29, 1.82) is 0 Å². The van der Waals surface area contributed by atoms with Gasteiger partial charge in [0, 0.05) is 13.1 Å². The van der Waals surface area contributed by atoms with Gasteiger partial charge in [-0.15, -0.1) is 0 Å². The quantitative estimate of drug-likeness (QED) is 0.492. The topological polar surface area (TPSA) is 117 Å².